The number of hydrogen-bond acceptors (Lipinski definition) is 8. The fraction of sp³-hybridized carbons (Fsp3) is 0.485. The number of pyridine rings is 1. The van der Waals surface area contributed by atoms with Crippen LogP contribution in [0.15, 0.2) is 30.5 Å². The van der Waals surface area contributed by atoms with Crippen molar-refractivity contribution in [3.05, 3.63) is 47.2 Å². The number of rotatable bonds is 12. The third kappa shape index (κ3) is 7.69. The Morgan fingerprint density at radius 3 is 2.62 bits per heavy atom. The summed E-state index contributed by atoms with van der Waals surface area (Å²) in [5.41, 5.74) is 5.12. The predicted molar refractivity (Wildman–Crippen MR) is 169 cm³/mol. The molecule has 2 unspecified atom stereocenters. The first-order chi connectivity index (χ1) is 20.2. The molecule has 1 aliphatic heterocycles. The summed E-state index contributed by atoms with van der Waals surface area (Å²) in [5, 5.41) is 20.8. The van der Waals surface area contributed by atoms with Crippen molar-refractivity contribution in [2.45, 2.75) is 59.4 Å². The van der Waals surface area contributed by atoms with Crippen molar-refractivity contribution in [1.29, 1.82) is 5.26 Å². The van der Waals surface area contributed by atoms with Crippen LogP contribution in [-0.4, -0.2) is 62.2 Å². The molecule has 9 heteroatoms. The number of anilines is 3. The highest BCUT2D eigenvalue weighted by molar-refractivity contribution is 6.02. The Hall–Kier alpha value is -3.87. The second-order valence-corrected chi connectivity index (χ2v) is 11.5. The zero-order valence-electron chi connectivity index (χ0n) is 25.8. The van der Waals surface area contributed by atoms with E-state index in [4.69, 9.17) is 9.47 Å². The summed E-state index contributed by atoms with van der Waals surface area (Å²) in [6.07, 6.45) is 5.14. The van der Waals surface area contributed by atoms with Crippen molar-refractivity contribution >= 4 is 33.9 Å². The van der Waals surface area contributed by atoms with Gasteiger partial charge in [0.2, 0.25) is 5.91 Å². The number of amides is 1. The molecule has 0 spiro atoms. The van der Waals surface area contributed by atoms with E-state index in [1.807, 2.05) is 59.1 Å². The molecule has 2 heterocycles. The minimum atomic E-state index is -0.0873. The van der Waals surface area contributed by atoms with Crippen LogP contribution >= 0.6 is 0 Å². The molecule has 0 saturated carbocycles. The summed E-state index contributed by atoms with van der Waals surface area (Å²) in [6, 6.07) is 10.3. The van der Waals surface area contributed by atoms with E-state index in [0.29, 0.717) is 65.2 Å². The first-order valence-electron chi connectivity index (χ1n) is 14.9. The van der Waals surface area contributed by atoms with Gasteiger partial charge in [0.25, 0.3) is 0 Å². The average Bonchev–Trinajstić information content (AvgIpc) is 2.94. The van der Waals surface area contributed by atoms with Crippen LogP contribution in [0.1, 0.15) is 56.2 Å². The van der Waals surface area contributed by atoms with Gasteiger partial charge < -0.3 is 30.3 Å². The molecule has 1 amide bonds. The van der Waals surface area contributed by atoms with Gasteiger partial charge in [-0.15, -0.1) is 0 Å². The van der Waals surface area contributed by atoms with Gasteiger partial charge in [0.1, 0.15) is 24.2 Å². The molecule has 1 saturated heterocycles. The number of carbonyl (C=O) groups is 1. The molecule has 2 aromatic carbocycles. The van der Waals surface area contributed by atoms with Gasteiger partial charge in [-0.25, -0.2) is 0 Å². The summed E-state index contributed by atoms with van der Waals surface area (Å²) in [5.74, 6) is 1.93. The molecule has 4 rings (SSSR count). The van der Waals surface area contributed by atoms with E-state index in [-0.39, 0.29) is 5.91 Å². The van der Waals surface area contributed by atoms with Gasteiger partial charge in [-0.1, -0.05) is 6.92 Å². The number of nitriles is 1. The van der Waals surface area contributed by atoms with Gasteiger partial charge in [0, 0.05) is 35.8 Å². The van der Waals surface area contributed by atoms with Crippen molar-refractivity contribution < 1.29 is 14.3 Å². The van der Waals surface area contributed by atoms with Gasteiger partial charge >= 0.3 is 0 Å². The number of benzene rings is 2. The normalized spacial score (nSPS) is 16.7. The van der Waals surface area contributed by atoms with Gasteiger partial charge in [0.15, 0.2) is 0 Å². The highest BCUT2D eigenvalue weighted by Gasteiger charge is 2.22. The summed E-state index contributed by atoms with van der Waals surface area (Å²) in [4.78, 5) is 19.4. The molecule has 1 fully saturated rings. The predicted octanol–water partition coefficient (Wildman–Crippen LogP) is 5.91. The molecule has 0 aliphatic carbocycles. The van der Waals surface area contributed by atoms with Gasteiger partial charge in [-0.3, -0.25) is 9.78 Å². The lowest BCUT2D eigenvalue weighted by Crippen LogP contribution is -2.44. The summed E-state index contributed by atoms with van der Waals surface area (Å²) in [6.45, 7) is 11.2. The molecule has 224 valence electrons. The molecular formula is C33H44N6O3. The maximum Gasteiger partial charge on any atom is 0.224 e. The first kappa shape index (κ1) is 31.1. The summed E-state index contributed by atoms with van der Waals surface area (Å²) >= 11 is 0. The topological polar surface area (TPSA) is 112 Å². The monoisotopic (exact) mass is 572 g/mol. The number of fused-ring (bicyclic) bond motifs is 1. The van der Waals surface area contributed by atoms with Crippen molar-refractivity contribution in [2.24, 2.45) is 5.92 Å². The van der Waals surface area contributed by atoms with Crippen LogP contribution in [-0.2, 0) is 4.79 Å². The second-order valence-electron chi connectivity index (χ2n) is 11.5. The molecular weight excluding hydrogens is 528 g/mol. The van der Waals surface area contributed by atoms with Crippen molar-refractivity contribution in [2.75, 3.05) is 51.0 Å². The number of piperidine rings is 1. The van der Waals surface area contributed by atoms with Gasteiger partial charge in [-0.05, 0) is 102 Å². The standard InChI is InChI=1S/C33H44N6O3/c1-7-41-30-17-27-26(16-28(30)38-31(40)11-9-13-39(5)6)32(24(18-34)19-36-27)37-25-14-22(3)33(23(4)15-25)42-20-29-21(2)10-8-12-35-29/h14-17,19,21,29,35H,7-13,20H2,1-6H3,(H,36,37)(H,38,40). The van der Waals surface area contributed by atoms with Crippen molar-refractivity contribution in [3.8, 4) is 17.6 Å². The molecule has 2 atom stereocenters. The number of nitrogens with one attached hydrogen (secondary N) is 3. The Bertz CT molecular complexity index is 1420. The largest absolute Gasteiger partial charge is 0.492 e. The third-order valence-corrected chi connectivity index (χ3v) is 7.74. The average molecular weight is 573 g/mol. The Morgan fingerprint density at radius 2 is 1.95 bits per heavy atom. The zero-order chi connectivity index (χ0) is 30.2. The number of ether oxygens (including phenoxy) is 2. The van der Waals surface area contributed by atoms with Crippen LogP contribution in [0.4, 0.5) is 17.1 Å². The molecule has 3 N–H and O–H groups in total. The van der Waals surface area contributed by atoms with Crippen LogP contribution in [0.3, 0.4) is 0 Å². The van der Waals surface area contributed by atoms with Crippen LogP contribution in [0.25, 0.3) is 10.9 Å². The number of hydrogen-bond donors (Lipinski definition) is 3. The van der Waals surface area contributed by atoms with Gasteiger partial charge in [-0.2, -0.15) is 5.26 Å². The summed E-state index contributed by atoms with van der Waals surface area (Å²) < 4.78 is 12.2. The molecule has 0 radical (unpaired) electrons. The fourth-order valence-corrected chi connectivity index (χ4v) is 5.49. The van der Waals surface area contributed by atoms with Crippen LogP contribution in [0, 0.1) is 31.1 Å². The number of carbonyl (C=O) groups excluding carboxylic acids is 1. The Labute approximate surface area is 249 Å². The van der Waals surface area contributed by atoms with Crippen molar-refractivity contribution in [1.82, 2.24) is 15.2 Å². The van der Waals surface area contributed by atoms with E-state index in [1.54, 1.807) is 6.20 Å². The minimum absolute atomic E-state index is 0.0873. The smallest absolute Gasteiger partial charge is 0.224 e. The Morgan fingerprint density at radius 1 is 1.19 bits per heavy atom. The Kier molecular flexibility index (Phi) is 10.6. The van der Waals surface area contributed by atoms with E-state index in [1.165, 1.54) is 12.8 Å². The lowest BCUT2D eigenvalue weighted by Gasteiger charge is -2.30. The van der Waals surface area contributed by atoms with E-state index >= 15 is 0 Å². The molecule has 1 aliphatic rings. The molecule has 1 aromatic heterocycles. The van der Waals surface area contributed by atoms with Crippen LogP contribution in [0.5, 0.6) is 11.5 Å². The highest BCUT2D eigenvalue weighted by Crippen LogP contribution is 2.37. The second kappa shape index (κ2) is 14.3. The number of aromatic nitrogens is 1. The van der Waals surface area contributed by atoms with Gasteiger partial charge in [0.05, 0.1) is 29.1 Å². The van der Waals surface area contributed by atoms with E-state index in [2.05, 4.69) is 38.8 Å². The lowest BCUT2D eigenvalue weighted by molar-refractivity contribution is -0.116. The SMILES string of the molecule is CCOc1cc2ncc(C#N)c(Nc3cc(C)c(OCC4NCCCC4C)c(C)c3)c2cc1NC(=O)CCCN(C)C. The molecule has 9 nitrogen and oxygen atoms in total. The quantitative estimate of drug-likeness (QED) is 0.246. The zero-order valence-corrected chi connectivity index (χ0v) is 25.8. The minimum Gasteiger partial charge on any atom is -0.492 e. The molecule has 3 aromatic rings. The fourth-order valence-electron chi connectivity index (χ4n) is 5.49. The maximum absolute atomic E-state index is 12.8. The molecule has 0 bridgehead atoms. The maximum atomic E-state index is 12.8. The van der Waals surface area contributed by atoms with Crippen LogP contribution in [0.2, 0.25) is 0 Å². The third-order valence-electron chi connectivity index (χ3n) is 7.74. The Balaban J connectivity index is 1.62. The van der Waals surface area contributed by atoms with Crippen LogP contribution < -0.4 is 25.4 Å². The first-order valence-corrected chi connectivity index (χ1v) is 14.9. The van der Waals surface area contributed by atoms with E-state index in [0.717, 1.165) is 42.1 Å². The van der Waals surface area contributed by atoms with E-state index < -0.39 is 0 Å². The lowest BCUT2D eigenvalue weighted by atomic mass is 9.93. The highest BCUT2D eigenvalue weighted by atomic mass is 16.5. The summed E-state index contributed by atoms with van der Waals surface area (Å²) in [7, 11) is 3.98. The number of aryl methyl sites for hydroxylation is 2. The molecule has 42 heavy (non-hydrogen) atoms. The van der Waals surface area contributed by atoms with Crippen molar-refractivity contribution in [3.63, 3.8) is 0 Å². The van der Waals surface area contributed by atoms with E-state index in [9.17, 15) is 10.1 Å². The number of nitrogens with zero attached hydrogens (tertiary/aromatic N) is 3.